The van der Waals surface area contributed by atoms with E-state index in [1.54, 1.807) is 0 Å². The van der Waals surface area contributed by atoms with Crippen molar-refractivity contribution in [2.75, 3.05) is 45.3 Å². The number of carbonyl (C=O) groups is 1. The van der Waals surface area contributed by atoms with E-state index < -0.39 is 0 Å². The monoisotopic (exact) mass is 398 g/mol. The van der Waals surface area contributed by atoms with Crippen molar-refractivity contribution in [3.8, 4) is 11.5 Å². The number of hydrogen-bond donors (Lipinski definition) is 0. The molecule has 0 fully saturated rings. The number of carbonyl (C=O) groups excluding carboxylic acids is 1. The van der Waals surface area contributed by atoms with E-state index in [9.17, 15) is 4.79 Å². The lowest BCUT2D eigenvalue weighted by atomic mass is 10.1. The predicted molar refractivity (Wildman–Crippen MR) is 119 cm³/mol. The van der Waals surface area contributed by atoms with Crippen LogP contribution in [0, 0.1) is 13.8 Å². The zero-order chi connectivity index (χ0) is 21.2. The molecule has 29 heavy (non-hydrogen) atoms. The van der Waals surface area contributed by atoms with Crippen LogP contribution in [0.2, 0.25) is 0 Å². The summed E-state index contributed by atoms with van der Waals surface area (Å²) in [5, 5.41) is 0. The van der Waals surface area contributed by atoms with Crippen molar-refractivity contribution in [1.82, 2.24) is 4.90 Å². The highest BCUT2D eigenvalue weighted by Gasteiger charge is 2.20. The first-order valence-electron chi connectivity index (χ1n) is 10.3. The van der Waals surface area contributed by atoms with Gasteiger partial charge in [0.1, 0.15) is 11.5 Å². The Morgan fingerprint density at radius 3 is 2.03 bits per heavy atom. The highest BCUT2D eigenvalue weighted by molar-refractivity contribution is 5.96. The smallest absolute Gasteiger partial charge is 0.264 e. The number of aryl methyl sites for hydroxylation is 2. The fourth-order valence-corrected chi connectivity index (χ4v) is 3.08. The molecular formula is C24H34N2O3. The zero-order valence-electron chi connectivity index (χ0n) is 18.4. The molecule has 2 rings (SSSR count). The molecule has 5 heteroatoms. The largest absolute Gasteiger partial charge is 0.494 e. The Balaban J connectivity index is 2.04. The second-order valence-electron chi connectivity index (χ2n) is 7.55. The van der Waals surface area contributed by atoms with Crippen LogP contribution in [0.25, 0.3) is 0 Å². The summed E-state index contributed by atoms with van der Waals surface area (Å²) >= 11 is 0. The first-order chi connectivity index (χ1) is 13.9. The number of hydrogen-bond acceptors (Lipinski definition) is 4. The van der Waals surface area contributed by atoms with Gasteiger partial charge < -0.3 is 19.3 Å². The molecule has 0 heterocycles. The lowest BCUT2D eigenvalue weighted by Crippen LogP contribution is -2.40. The van der Waals surface area contributed by atoms with Crippen LogP contribution in [-0.4, -0.2) is 51.2 Å². The molecule has 0 spiro atoms. The first-order valence-corrected chi connectivity index (χ1v) is 10.3. The number of likely N-dealkylation sites (N-methyl/N-ethyl adjacent to an activating group) is 1. The number of amides is 1. The standard InChI is InChI=1S/C24H34N2O3/c1-6-7-17-28-21-11-13-22(14-12-21)29-18-23(27)26(16-15-25(4)5)24-19(2)9-8-10-20(24)3/h8-14H,6-7,15-18H2,1-5H3. The third-order valence-corrected chi connectivity index (χ3v) is 4.73. The van der Waals surface area contributed by atoms with Gasteiger partial charge in [-0.3, -0.25) is 4.79 Å². The SMILES string of the molecule is CCCCOc1ccc(OCC(=O)N(CCN(C)C)c2c(C)cccc2C)cc1. The van der Waals surface area contributed by atoms with Crippen LogP contribution in [0.5, 0.6) is 11.5 Å². The van der Waals surface area contributed by atoms with Crippen LogP contribution in [0.15, 0.2) is 42.5 Å². The zero-order valence-corrected chi connectivity index (χ0v) is 18.4. The van der Waals surface area contributed by atoms with Gasteiger partial charge in [-0.25, -0.2) is 0 Å². The molecule has 0 radical (unpaired) electrons. The molecule has 2 aromatic rings. The highest BCUT2D eigenvalue weighted by atomic mass is 16.5. The maximum Gasteiger partial charge on any atom is 0.264 e. The molecule has 0 unspecified atom stereocenters. The average molecular weight is 399 g/mol. The molecule has 0 aliphatic carbocycles. The van der Waals surface area contributed by atoms with Gasteiger partial charge in [0.05, 0.1) is 6.61 Å². The van der Waals surface area contributed by atoms with Gasteiger partial charge in [-0.2, -0.15) is 0 Å². The van der Waals surface area contributed by atoms with Crippen LogP contribution in [0.1, 0.15) is 30.9 Å². The summed E-state index contributed by atoms with van der Waals surface area (Å²) in [6, 6.07) is 13.5. The molecule has 0 N–H and O–H groups in total. The maximum absolute atomic E-state index is 13.0. The van der Waals surface area contributed by atoms with Gasteiger partial charge in [0.2, 0.25) is 0 Å². The Kier molecular flexibility index (Phi) is 9.00. The summed E-state index contributed by atoms with van der Waals surface area (Å²) in [6.45, 7) is 8.32. The molecule has 2 aromatic carbocycles. The Hall–Kier alpha value is -2.53. The molecule has 0 aliphatic heterocycles. The lowest BCUT2D eigenvalue weighted by Gasteiger charge is -2.27. The normalized spacial score (nSPS) is 10.8. The summed E-state index contributed by atoms with van der Waals surface area (Å²) in [4.78, 5) is 16.9. The lowest BCUT2D eigenvalue weighted by molar-refractivity contribution is -0.120. The fraction of sp³-hybridized carbons (Fsp3) is 0.458. The first kappa shape index (κ1) is 22.8. The van der Waals surface area contributed by atoms with Crippen molar-refractivity contribution in [1.29, 1.82) is 0 Å². The highest BCUT2D eigenvalue weighted by Crippen LogP contribution is 2.25. The van der Waals surface area contributed by atoms with Crippen molar-refractivity contribution in [3.05, 3.63) is 53.6 Å². The van der Waals surface area contributed by atoms with Gasteiger partial charge >= 0.3 is 0 Å². The van der Waals surface area contributed by atoms with Crippen LogP contribution >= 0.6 is 0 Å². The molecule has 0 saturated carbocycles. The van der Waals surface area contributed by atoms with Crippen LogP contribution in [0.4, 0.5) is 5.69 Å². The van der Waals surface area contributed by atoms with Gasteiger partial charge in [0, 0.05) is 18.8 Å². The minimum atomic E-state index is -0.0486. The van der Waals surface area contributed by atoms with Gasteiger partial charge in [0.25, 0.3) is 5.91 Å². The Labute approximate surface area is 175 Å². The number of benzene rings is 2. The number of nitrogens with zero attached hydrogens (tertiary/aromatic N) is 2. The van der Waals surface area contributed by atoms with E-state index in [1.165, 1.54) is 0 Å². The van der Waals surface area contributed by atoms with Crippen molar-refractivity contribution in [2.45, 2.75) is 33.6 Å². The summed E-state index contributed by atoms with van der Waals surface area (Å²) in [5.74, 6) is 1.43. The molecular weight excluding hydrogens is 364 g/mol. The van der Waals surface area contributed by atoms with Gasteiger partial charge in [0.15, 0.2) is 6.61 Å². The van der Waals surface area contributed by atoms with Crippen LogP contribution < -0.4 is 14.4 Å². The van der Waals surface area contributed by atoms with Crippen LogP contribution in [0.3, 0.4) is 0 Å². The van der Waals surface area contributed by atoms with Gasteiger partial charge in [-0.05, 0) is 69.8 Å². The number of para-hydroxylation sites is 1. The molecule has 0 saturated heterocycles. The third kappa shape index (κ3) is 7.09. The third-order valence-electron chi connectivity index (χ3n) is 4.73. The van der Waals surface area contributed by atoms with Crippen LogP contribution in [-0.2, 0) is 4.79 Å². The Morgan fingerprint density at radius 1 is 0.897 bits per heavy atom. The molecule has 0 bridgehead atoms. The summed E-state index contributed by atoms with van der Waals surface area (Å²) in [6.07, 6.45) is 2.14. The van der Waals surface area contributed by atoms with Crippen molar-refractivity contribution in [3.63, 3.8) is 0 Å². The number of ether oxygens (including phenoxy) is 2. The van der Waals surface area contributed by atoms with E-state index in [0.29, 0.717) is 18.9 Å². The maximum atomic E-state index is 13.0. The topological polar surface area (TPSA) is 42.0 Å². The molecule has 5 nitrogen and oxygen atoms in total. The van der Waals surface area contributed by atoms with Crippen molar-refractivity contribution < 1.29 is 14.3 Å². The summed E-state index contributed by atoms with van der Waals surface area (Å²) in [5.41, 5.74) is 3.15. The van der Waals surface area contributed by atoms with Gasteiger partial charge in [-0.15, -0.1) is 0 Å². The Morgan fingerprint density at radius 2 is 1.48 bits per heavy atom. The molecule has 0 atom stereocenters. The quantitative estimate of drug-likeness (QED) is 0.524. The minimum absolute atomic E-state index is 0.00274. The molecule has 158 valence electrons. The second kappa shape index (κ2) is 11.5. The van der Waals surface area contributed by atoms with E-state index in [1.807, 2.05) is 75.3 Å². The number of anilines is 1. The number of unbranched alkanes of at least 4 members (excludes halogenated alkanes) is 1. The fourth-order valence-electron chi connectivity index (χ4n) is 3.08. The predicted octanol–water partition coefficient (Wildman–Crippen LogP) is 4.46. The number of rotatable bonds is 11. The molecule has 1 amide bonds. The van der Waals surface area contributed by atoms with E-state index in [2.05, 4.69) is 11.8 Å². The van der Waals surface area contributed by atoms with Crippen molar-refractivity contribution in [2.24, 2.45) is 0 Å². The summed E-state index contributed by atoms with van der Waals surface area (Å²) < 4.78 is 11.4. The molecule has 0 aromatic heterocycles. The van der Waals surface area contributed by atoms with E-state index in [4.69, 9.17) is 9.47 Å². The minimum Gasteiger partial charge on any atom is -0.494 e. The van der Waals surface area contributed by atoms with Crippen molar-refractivity contribution >= 4 is 11.6 Å². The summed E-state index contributed by atoms with van der Waals surface area (Å²) in [7, 11) is 4.02. The van der Waals surface area contributed by atoms with E-state index in [-0.39, 0.29) is 12.5 Å². The van der Waals surface area contributed by atoms with E-state index in [0.717, 1.165) is 42.0 Å². The second-order valence-corrected chi connectivity index (χ2v) is 7.55. The van der Waals surface area contributed by atoms with E-state index >= 15 is 0 Å². The van der Waals surface area contributed by atoms with Gasteiger partial charge in [-0.1, -0.05) is 31.5 Å². The molecule has 0 aliphatic rings. The Bertz CT molecular complexity index is 752. The average Bonchev–Trinajstić information content (AvgIpc) is 2.69.